The first-order chi connectivity index (χ1) is 8.93. The summed E-state index contributed by atoms with van der Waals surface area (Å²) in [6.07, 6.45) is 5.25. The number of aromatic nitrogens is 2. The van der Waals surface area contributed by atoms with Gasteiger partial charge in [-0.15, -0.1) is 0 Å². The summed E-state index contributed by atoms with van der Waals surface area (Å²) >= 11 is 0. The van der Waals surface area contributed by atoms with Crippen LogP contribution in [-0.2, 0) is 16.0 Å². The number of fused-ring (bicyclic) bond motifs is 1. The highest BCUT2D eigenvalue weighted by molar-refractivity contribution is 5.74. The molecule has 1 aromatic heterocycles. The van der Waals surface area contributed by atoms with Gasteiger partial charge in [-0.2, -0.15) is 0 Å². The average Bonchev–Trinajstić information content (AvgIpc) is 2.84. The molecule has 1 atom stereocenters. The van der Waals surface area contributed by atoms with E-state index in [-0.39, 0.29) is 6.29 Å². The Balaban J connectivity index is 1.56. The van der Waals surface area contributed by atoms with Crippen LogP contribution in [0.25, 0.3) is 11.0 Å². The molecule has 1 fully saturated rings. The molecule has 1 saturated heterocycles. The lowest BCUT2D eigenvalue weighted by molar-refractivity contribution is -0.163. The van der Waals surface area contributed by atoms with Crippen molar-refractivity contribution < 1.29 is 9.47 Å². The van der Waals surface area contributed by atoms with Gasteiger partial charge in [-0.05, 0) is 31.4 Å². The maximum Gasteiger partial charge on any atom is 0.157 e. The molecule has 2 aromatic rings. The average molecular weight is 246 g/mol. The minimum atomic E-state index is -0.00599. The fourth-order valence-electron chi connectivity index (χ4n) is 2.31. The molecule has 1 aliphatic heterocycles. The molecular formula is C14H18N2O2. The van der Waals surface area contributed by atoms with Gasteiger partial charge in [0.2, 0.25) is 0 Å². The van der Waals surface area contributed by atoms with Gasteiger partial charge in [-0.1, -0.05) is 12.1 Å². The molecule has 4 nitrogen and oxygen atoms in total. The minimum absolute atomic E-state index is 0.00599. The van der Waals surface area contributed by atoms with Crippen molar-refractivity contribution in [3.8, 4) is 0 Å². The van der Waals surface area contributed by atoms with Gasteiger partial charge < -0.3 is 14.0 Å². The van der Waals surface area contributed by atoms with Gasteiger partial charge in [0, 0.05) is 13.2 Å². The van der Waals surface area contributed by atoms with Crippen molar-refractivity contribution in [1.82, 2.24) is 9.55 Å². The number of para-hydroxylation sites is 2. The molecule has 18 heavy (non-hydrogen) atoms. The number of ether oxygens (including phenoxy) is 2. The molecule has 0 amide bonds. The summed E-state index contributed by atoms with van der Waals surface area (Å²) in [4.78, 5) is 4.36. The molecule has 1 unspecified atom stereocenters. The van der Waals surface area contributed by atoms with Gasteiger partial charge in [0.1, 0.15) is 0 Å². The third kappa shape index (κ3) is 2.54. The monoisotopic (exact) mass is 246 g/mol. The number of imidazole rings is 1. The van der Waals surface area contributed by atoms with Crippen LogP contribution in [-0.4, -0.2) is 29.1 Å². The third-order valence-electron chi connectivity index (χ3n) is 3.30. The minimum Gasteiger partial charge on any atom is -0.353 e. The summed E-state index contributed by atoms with van der Waals surface area (Å²) in [5, 5.41) is 0. The molecule has 0 aliphatic carbocycles. The quantitative estimate of drug-likeness (QED) is 0.832. The molecule has 1 aliphatic rings. The standard InChI is InChI=1S/C14H18N2O2/c1-2-6-13-12(5-1)15-11-16(13)8-10-18-14-7-3-4-9-17-14/h1-2,5-6,11,14H,3-4,7-10H2. The molecule has 0 spiro atoms. The zero-order chi connectivity index (χ0) is 12.2. The van der Waals surface area contributed by atoms with Gasteiger partial charge in [-0.25, -0.2) is 4.98 Å². The van der Waals surface area contributed by atoms with Crippen molar-refractivity contribution in [2.45, 2.75) is 32.1 Å². The maximum absolute atomic E-state index is 5.73. The Labute approximate surface area is 107 Å². The Morgan fingerprint density at radius 2 is 2.28 bits per heavy atom. The summed E-state index contributed by atoms with van der Waals surface area (Å²) in [6, 6.07) is 8.15. The van der Waals surface area contributed by atoms with E-state index in [2.05, 4.69) is 15.6 Å². The lowest BCUT2D eigenvalue weighted by Gasteiger charge is -2.22. The van der Waals surface area contributed by atoms with E-state index in [0.717, 1.165) is 37.0 Å². The molecule has 2 heterocycles. The zero-order valence-electron chi connectivity index (χ0n) is 10.4. The Morgan fingerprint density at radius 1 is 1.33 bits per heavy atom. The first-order valence-electron chi connectivity index (χ1n) is 6.56. The van der Waals surface area contributed by atoms with Crippen LogP contribution in [0.3, 0.4) is 0 Å². The summed E-state index contributed by atoms with van der Waals surface area (Å²) in [5.74, 6) is 0. The van der Waals surface area contributed by atoms with Crippen molar-refractivity contribution in [3.05, 3.63) is 30.6 Å². The number of hydrogen-bond donors (Lipinski definition) is 0. The van der Waals surface area contributed by atoms with Crippen LogP contribution >= 0.6 is 0 Å². The maximum atomic E-state index is 5.73. The number of nitrogens with zero attached hydrogens (tertiary/aromatic N) is 2. The molecule has 0 radical (unpaired) electrons. The molecule has 0 bridgehead atoms. The van der Waals surface area contributed by atoms with E-state index >= 15 is 0 Å². The highest BCUT2D eigenvalue weighted by atomic mass is 16.7. The largest absolute Gasteiger partial charge is 0.353 e. The topological polar surface area (TPSA) is 36.3 Å². The highest BCUT2D eigenvalue weighted by Gasteiger charge is 2.13. The molecule has 0 saturated carbocycles. The molecular weight excluding hydrogens is 228 g/mol. The summed E-state index contributed by atoms with van der Waals surface area (Å²) < 4.78 is 13.4. The van der Waals surface area contributed by atoms with Gasteiger partial charge >= 0.3 is 0 Å². The second-order valence-corrected chi connectivity index (χ2v) is 4.59. The van der Waals surface area contributed by atoms with Gasteiger partial charge in [0.25, 0.3) is 0 Å². The van der Waals surface area contributed by atoms with Crippen molar-refractivity contribution in [3.63, 3.8) is 0 Å². The van der Waals surface area contributed by atoms with Crippen LogP contribution in [0, 0.1) is 0 Å². The number of hydrogen-bond acceptors (Lipinski definition) is 3. The van der Waals surface area contributed by atoms with Gasteiger partial charge in [0.15, 0.2) is 6.29 Å². The molecule has 4 heteroatoms. The SMILES string of the molecule is c1ccc2c(c1)ncn2CCOC1CCCCO1. The normalized spacial score (nSPS) is 20.3. The molecule has 1 aromatic carbocycles. The second kappa shape index (κ2) is 5.50. The van der Waals surface area contributed by atoms with Crippen molar-refractivity contribution >= 4 is 11.0 Å². The second-order valence-electron chi connectivity index (χ2n) is 4.59. The number of rotatable bonds is 4. The van der Waals surface area contributed by atoms with E-state index in [0.29, 0.717) is 6.61 Å². The fourth-order valence-corrected chi connectivity index (χ4v) is 2.31. The summed E-state index contributed by atoms with van der Waals surface area (Å²) in [6.45, 7) is 2.32. The van der Waals surface area contributed by atoms with Crippen LogP contribution < -0.4 is 0 Å². The Kier molecular flexibility index (Phi) is 3.57. The Morgan fingerprint density at radius 3 is 3.17 bits per heavy atom. The van der Waals surface area contributed by atoms with E-state index < -0.39 is 0 Å². The van der Waals surface area contributed by atoms with Crippen molar-refractivity contribution in [2.75, 3.05) is 13.2 Å². The van der Waals surface area contributed by atoms with Crippen LogP contribution in [0.1, 0.15) is 19.3 Å². The lowest BCUT2D eigenvalue weighted by atomic mass is 10.2. The number of benzene rings is 1. The first-order valence-corrected chi connectivity index (χ1v) is 6.56. The predicted octanol–water partition coefficient (Wildman–Crippen LogP) is 2.58. The van der Waals surface area contributed by atoms with Crippen LogP contribution in [0.2, 0.25) is 0 Å². The Hall–Kier alpha value is -1.39. The fraction of sp³-hybridized carbons (Fsp3) is 0.500. The lowest BCUT2D eigenvalue weighted by Crippen LogP contribution is -2.23. The third-order valence-corrected chi connectivity index (χ3v) is 3.30. The van der Waals surface area contributed by atoms with E-state index in [1.807, 2.05) is 24.5 Å². The smallest absolute Gasteiger partial charge is 0.157 e. The summed E-state index contributed by atoms with van der Waals surface area (Å²) in [5.41, 5.74) is 2.19. The van der Waals surface area contributed by atoms with Crippen LogP contribution in [0.5, 0.6) is 0 Å². The van der Waals surface area contributed by atoms with Gasteiger partial charge in [-0.3, -0.25) is 0 Å². The predicted molar refractivity (Wildman–Crippen MR) is 69.3 cm³/mol. The Bertz CT molecular complexity index is 503. The van der Waals surface area contributed by atoms with Crippen LogP contribution in [0.4, 0.5) is 0 Å². The van der Waals surface area contributed by atoms with Crippen molar-refractivity contribution in [1.29, 1.82) is 0 Å². The summed E-state index contributed by atoms with van der Waals surface area (Å²) in [7, 11) is 0. The molecule has 0 N–H and O–H groups in total. The highest BCUT2D eigenvalue weighted by Crippen LogP contribution is 2.15. The molecule has 96 valence electrons. The van der Waals surface area contributed by atoms with E-state index in [1.54, 1.807) is 0 Å². The van der Waals surface area contributed by atoms with Crippen LogP contribution in [0.15, 0.2) is 30.6 Å². The van der Waals surface area contributed by atoms with E-state index in [9.17, 15) is 0 Å². The first kappa shape index (κ1) is 11.7. The van der Waals surface area contributed by atoms with E-state index in [1.165, 1.54) is 6.42 Å². The van der Waals surface area contributed by atoms with Crippen molar-refractivity contribution in [2.24, 2.45) is 0 Å². The zero-order valence-corrected chi connectivity index (χ0v) is 10.4. The van der Waals surface area contributed by atoms with Gasteiger partial charge in [0.05, 0.1) is 24.0 Å². The molecule has 3 rings (SSSR count). The van der Waals surface area contributed by atoms with E-state index in [4.69, 9.17) is 9.47 Å².